The standard InChI is InChI=1S/C22H19F2N5O2/c1-29-20(30)22(28-21(29)25,15-5-7-17(8-6-15)31-10-9-23)16-4-2-3-14(11-16)18-12-26-13-27-19(18)24/h2-8,11-13H,9-10H2,1H3,(H2,25,28)/t22-/m1/s1. The van der Waals surface area contributed by atoms with Gasteiger partial charge in [-0.25, -0.2) is 19.4 Å². The molecule has 1 amide bonds. The van der Waals surface area contributed by atoms with Crippen LogP contribution in [0.2, 0.25) is 0 Å². The molecule has 1 aliphatic heterocycles. The largest absolute Gasteiger partial charge is 0.491 e. The number of carbonyl (C=O) groups excluding carboxylic acids is 1. The Bertz CT molecular complexity index is 1150. The van der Waals surface area contributed by atoms with E-state index >= 15 is 0 Å². The molecule has 0 unspecified atom stereocenters. The molecule has 1 aliphatic rings. The van der Waals surface area contributed by atoms with Crippen LogP contribution in [0.25, 0.3) is 11.1 Å². The van der Waals surface area contributed by atoms with E-state index in [2.05, 4.69) is 15.0 Å². The van der Waals surface area contributed by atoms with Crippen LogP contribution < -0.4 is 10.5 Å². The van der Waals surface area contributed by atoms with Gasteiger partial charge in [0.25, 0.3) is 5.91 Å². The summed E-state index contributed by atoms with van der Waals surface area (Å²) >= 11 is 0. The fraction of sp³-hybridized carbons (Fsp3) is 0.182. The minimum Gasteiger partial charge on any atom is -0.491 e. The van der Waals surface area contributed by atoms with E-state index in [0.29, 0.717) is 22.4 Å². The maximum Gasteiger partial charge on any atom is 0.266 e. The van der Waals surface area contributed by atoms with E-state index in [1.54, 1.807) is 48.5 Å². The highest BCUT2D eigenvalue weighted by Crippen LogP contribution is 2.41. The van der Waals surface area contributed by atoms with E-state index in [4.69, 9.17) is 10.5 Å². The smallest absolute Gasteiger partial charge is 0.266 e. The van der Waals surface area contributed by atoms with E-state index in [1.807, 2.05) is 0 Å². The molecule has 0 saturated carbocycles. The van der Waals surface area contributed by atoms with Crippen molar-refractivity contribution in [2.75, 3.05) is 20.3 Å². The van der Waals surface area contributed by atoms with Gasteiger partial charge in [0, 0.05) is 13.2 Å². The zero-order chi connectivity index (χ0) is 22.0. The lowest BCUT2D eigenvalue weighted by Crippen LogP contribution is -2.41. The second kappa shape index (κ2) is 8.10. The molecular formula is C22H19F2N5O2. The highest BCUT2D eigenvalue weighted by molar-refractivity contribution is 6.09. The first-order chi connectivity index (χ1) is 15.0. The summed E-state index contributed by atoms with van der Waals surface area (Å²) in [4.78, 5) is 26.6. The maximum absolute atomic E-state index is 14.2. The number of benzene rings is 2. The Morgan fingerprint density at radius 2 is 1.94 bits per heavy atom. The third kappa shape index (κ3) is 3.48. The maximum atomic E-state index is 14.2. The Balaban J connectivity index is 1.85. The third-order valence-corrected chi connectivity index (χ3v) is 5.11. The van der Waals surface area contributed by atoms with Crippen LogP contribution in [-0.2, 0) is 10.3 Å². The van der Waals surface area contributed by atoms with Gasteiger partial charge in [0.1, 0.15) is 25.4 Å². The molecule has 1 atom stereocenters. The van der Waals surface area contributed by atoms with Gasteiger partial charge >= 0.3 is 0 Å². The van der Waals surface area contributed by atoms with Crippen molar-refractivity contribution in [3.05, 3.63) is 78.1 Å². The first-order valence-corrected chi connectivity index (χ1v) is 9.46. The zero-order valence-electron chi connectivity index (χ0n) is 16.6. The molecule has 4 rings (SSSR count). The van der Waals surface area contributed by atoms with Crippen LogP contribution in [0.15, 0.2) is 66.0 Å². The fourth-order valence-corrected chi connectivity index (χ4v) is 3.55. The number of amides is 1. The lowest BCUT2D eigenvalue weighted by atomic mass is 9.82. The minimum atomic E-state index is -1.46. The van der Waals surface area contributed by atoms with E-state index in [-0.39, 0.29) is 24.0 Å². The SMILES string of the molecule is CN1C(=O)[C@@](c2ccc(OCCF)cc2)(c2cccc(-c3cncnc3F)c2)N=C1N. The van der Waals surface area contributed by atoms with E-state index in [9.17, 15) is 13.6 Å². The number of rotatable bonds is 6. The van der Waals surface area contributed by atoms with Gasteiger partial charge in [0.2, 0.25) is 5.95 Å². The molecule has 2 aromatic carbocycles. The van der Waals surface area contributed by atoms with Crippen LogP contribution in [0.5, 0.6) is 5.75 Å². The van der Waals surface area contributed by atoms with Gasteiger partial charge in [0.05, 0.1) is 5.56 Å². The molecule has 0 radical (unpaired) electrons. The van der Waals surface area contributed by atoms with Crippen molar-refractivity contribution in [2.24, 2.45) is 10.7 Å². The van der Waals surface area contributed by atoms with Gasteiger partial charge in [-0.2, -0.15) is 4.39 Å². The monoisotopic (exact) mass is 423 g/mol. The van der Waals surface area contributed by atoms with Crippen molar-refractivity contribution in [3.8, 4) is 16.9 Å². The minimum absolute atomic E-state index is 0.0578. The van der Waals surface area contributed by atoms with Crippen molar-refractivity contribution in [1.29, 1.82) is 0 Å². The van der Waals surface area contributed by atoms with Crippen molar-refractivity contribution in [3.63, 3.8) is 0 Å². The Kier molecular flexibility index (Phi) is 5.33. The first-order valence-electron chi connectivity index (χ1n) is 9.46. The van der Waals surface area contributed by atoms with Gasteiger partial charge in [-0.05, 0) is 34.9 Å². The third-order valence-electron chi connectivity index (χ3n) is 5.11. The normalized spacial score (nSPS) is 18.2. The predicted octanol–water partition coefficient (Wildman–Crippen LogP) is 2.66. The number of halogens is 2. The molecule has 158 valence electrons. The number of aliphatic imine (C=N–C) groups is 1. The van der Waals surface area contributed by atoms with E-state index < -0.39 is 18.2 Å². The fourth-order valence-electron chi connectivity index (χ4n) is 3.55. The van der Waals surface area contributed by atoms with Gasteiger partial charge in [-0.3, -0.25) is 9.69 Å². The number of likely N-dealkylation sites (N-methyl/N-ethyl adjacent to an activating group) is 1. The number of hydrogen-bond donors (Lipinski definition) is 1. The highest BCUT2D eigenvalue weighted by Gasteiger charge is 2.49. The molecule has 3 aromatic rings. The first kappa shape index (κ1) is 20.4. The second-order valence-corrected chi connectivity index (χ2v) is 6.91. The Morgan fingerprint density at radius 3 is 2.58 bits per heavy atom. The number of alkyl halides is 1. The molecular weight excluding hydrogens is 404 g/mol. The number of hydrogen-bond acceptors (Lipinski definition) is 6. The summed E-state index contributed by atoms with van der Waals surface area (Å²) in [7, 11) is 1.54. The van der Waals surface area contributed by atoms with Crippen LogP contribution in [-0.4, -0.2) is 47.1 Å². The summed E-state index contributed by atoms with van der Waals surface area (Å²) in [5.41, 5.74) is 6.28. The number of carbonyl (C=O) groups is 1. The molecule has 2 heterocycles. The molecule has 0 aliphatic carbocycles. The van der Waals surface area contributed by atoms with Crippen LogP contribution in [0, 0.1) is 5.95 Å². The van der Waals surface area contributed by atoms with Gasteiger partial charge in [0.15, 0.2) is 11.5 Å². The van der Waals surface area contributed by atoms with Crippen LogP contribution in [0.3, 0.4) is 0 Å². The summed E-state index contributed by atoms with van der Waals surface area (Å²) in [5.74, 6) is -0.509. The molecule has 31 heavy (non-hydrogen) atoms. The molecule has 1 aromatic heterocycles. The van der Waals surface area contributed by atoms with Crippen LogP contribution in [0.4, 0.5) is 8.78 Å². The number of guanidine groups is 1. The quantitative estimate of drug-likeness (QED) is 0.616. The van der Waals surface area contributed by atoms with Gasteiger partial charge in [-0.1, -0.05) is 30.3 Å². The van der Waals surface area contributed by atoms with Gasteiger partial charge in [-0.15, -0.1) is 0 Å². The summed E-state index contributed by atoms with van der Waals surface area (Å²) < 4.78 is 31.9. The molecule has 0 fully saturated rings. The zero-order valence-corrected chi connectivity index (χ0v) is 16.6. The second-order valence-electron chi connectivity index (χ2n) is 6.91. The summed E-state index contributed by atoms with van der Waals surface area (Å²) in [6.45, 7) is -0.674. The summed E-state index contributed by atoms with van der Waals surface area (Å²) in [5, 5.41) is 0. The van der Waals surface area contributed by atoms with Crippen LogP contribution in [0.1, 0.15) is 11.1 Å². The lowest BCUT2D eigenvalue weighted by Gasteiger charge is -2.26. The molecule has 9 heteroatoms. The van der Waals surface area contributed by atoms with E-state index in [1.165, 1.54) is 18.1 Å². The molecule has 0 spiro atoms. The van der Waals surface area contributed by atoms with Crippen molar-refractivity contribution in [2.45, 2.75) is 5.54 Å². The van der Waals surface area contributed by atoms with E-state index in [0.717, 1.165) is 6.33 Å². The average molecular weight is 423 g/mol. The number of ether oxygens (including phenoxy) is 1. The lowest BCUT2D eigenvalue weighted by molar-refractivity contribution is -0.129. The number of nitrogens with two attached hydrogens (primary N) is 1. The summed E-state index contributed by atoms with van der Waals surface area (Å²) in [6.07, 6.45) is 2.49. The summed E-state index contributed by atoms with van der Waals surface area (Å²) in [6, 6.07) is 13.4. The topological polar surface area (TPSA) is 93.7 Å². The van der Waals surface area contributed by atoms with Crippen molar-refractivity contribution < 1.29 is 18.3 Å². The van der Waals surface area contributed by atoms with Crippen LogP contribution >= 0.6 is 0 Å². The highest BCUT2D eigenvalue weighted by atomic mass is 19.1. The van der Waals surface area contributed by atoms with Crippen molar-refractivity contribution >= 4 is 11.9 Å². The Hall–Kier alpha value is -3.88. The average Bonchev–Trinajstić information content (AvgIpc) is 3.03. The molecule has 0 saturated heterocycles. The molecule has 7 nitrogen and oxygen atoms in total. The molecule has 2 N–H and O–H groups in total. The number of aromatic nitrogens is 2. The predicted molar refractivity (Wildman–Crippen MR) is 111 cm³/mol. The Morgan fingerprint density at radius 1 is 1.16 bits per heavy atom. The molecule has 0 bridgehead atoms. The van der Waals surface area contributed by atoms with Gasteiger partial charge < -0.3 is 10.5 Å². The number of nitrogens with zero attached hydrogens (tertiary/aromatic N) is 4. The van der Waals surface area contributed by atoms with Crippen molar-refractivity contribution in [1.82, 2.24) is 14.9 Å². The Labute approximate surface area is 177 Å².